The van der Waals surface area contributed by atoms with Crippen LogP contribution in [0.5, 0.6) is 11.5 Å². The van der Waals surface area contributed by atoms with Crippen molar-refractivity contribution >= 4 is 14.4 Å². The van der Waals surface area contributed by atoms with E-state index in [1.165, 1.54) is 19.3 Å². The number of hydrogen-bond acceptors (Lipinski definition) is 7. The summed E-state index contributed by atoms with van der Waals surface area (Å²) in [5.74, 6) is 1.32. The largest absolute Gasteiger partial charge is 0.493 e. The molecule has 0 spiro atoms. The zero-order valence-corrected chi connectivity index (χ0v) is 30.7. The maximum atomic E-state index is 12.0. The average Bonchev–Trinajstić information content (AvgIpc) is 3.51. The van der Waals surface area contributed by atoms with E-state index in [2.05, 4.69) is 50.1 Å². The lowest BCUT2D eigenvalue weighted by atomic mass is 9.91. The Morgan fingerprint density at radius 3 is 2.41 bits per heavy atom. The molecule has 4 rings (SSSR count). The molecule has 2 aromatic carbocycles. The van der Waals surface area contributed by atoms with E-state index in [9.17, 15) is 4.79 Å². The van der Waals surface area contributed by atoms with Crippen molar-refractivity contribution in [3.05, 3.63) is 59.7 Å². The topological polar surface area (TPSA) is 78.5 Å². The van der Waals surface area contributed by atoms with Gasteiger partial charge in [0.2, 0.25) is 0 Å². The minimum Gasteiger partial charge on any atom is -0.493 e. The third kappa shape index (κ3) is 11.6. The van der Waals surface area contributed by atoms with Crippen molar-refractivity contribution in [3.63, 3.8) is 0 Å². The molecule has 9 heteroatoms. The molecule has 2 unspecified atom stereocenters. The lowest BCUT2D eigenvalue weighted by molar-refractivity contribution is -0.0313. The number of methoxy groups -OCH3 is 1. The number of carbonyl (C=O) groups excluding carboxylic acids is 1. The van der Waals surface area contributed by atoms with E-state index in [1.807, 2.05) is 56.3 Å². The Morgan fingerprint density at radius 2 is 1.70 bits per heavy atom. The van der Waals surface area contributed by atoms with E-state index >= 15 is 0 Å². The van der Waals surface area contributed by atoms with Gasteiger partial charge >= 0.3 is 6.09 Å². The Morgan fingerprint density at radius 1 is 0.957 bits per heavy atom. The van der Waals surface area contributed by atoms with Crippen LogP contribution >= 0.6 is 0 Å². The van der Waals surface area contributed by atoms with E-state index in [0.29, 0.717) is 43.4 Å². The number of amides is 1. The lowest BCUT2D eigenvalue weighted by Gasteiger charge is -2.40. The van der Waals surface area contributed by atoms with E-state index in [0.717, 1.165) is 43.5 Å². The second-order valence-electron chi connectivity index (χ2n) is 13.6. The van der Waals surface area contributed by atoms with Crippen molar-refractivity contribution in [1.29, 1.82) is 0 Å². The van der Waals surface area contributed by atoms with E-state index in [1.54, 1.807) is 7.11 Å². The first-order chi connectivity index (χ1) is 22.1. The third-order valence-corrected chi connectivity index (χ3v) is 13.9. The molecule has 0 aromatic heterocycles. The maximum Gasteiger partial charge on any atom is 0.407 e. The molecule has 8 nitrogen and oxygen atoms in total. The summed E-state index contributed by atoms with van der Waals surface area (Å²) in [6, 6.07) is 16.1. The number of rotatable bonds is 14. The number of likely N-dealkylation sites (tertiary alicyclic amines) is 1. The van der Waals surface area contributed by atoms with Gasteiger partial charge in [0.1, 0.15) is 13.2 Å². The minimum atomic E-state index is -1.76. The summed E-state index contributed by atoms with van der Waals surface area (Å²) in [7, 11) is -0.118. The van der Waals surface area contributed by atoms with Crippen LogP contribution < -0.4 is 14.8 Å². The Balaban J connectivity index is 0.00000282. The van der Waals surface area contributed by atoms with Crippen LogP contribution in [0, 0.1) is 0 Å². The summed E-state index contributed by atoms with van der Waals surface area (Å²) in [4.78, 5) is 14.6. The zero-order chi connectivity index (χ0) is 33.6. The van der Waals surface area contributed by atoms with Gasteiger partial charge < -0.3 is 28.7 Å². The van der Waals surface area contributed by atoms with Crippen molar-refractivity contribution in [2.24, 2.45) is 0 Å². The van der Waals surface area contributed by atoms with Crippen molar-refractivity contribution in [2.75, 3.05) is 40.0 Å². The first-order valence-electron chi connectivity index (χ1n) is 17.3. The van der Waals surface area contributed by atoms with Gasteiger partial charge in [-0.2, -0.15) is 0 Å². The SMILES string of the molecule is CC.COc1cc(CCOC2CCCCC2N2CC[C@@H](O[Si](C)(C)C(C)(C)C)C2)ccc1OCCNC(=O)OCc1ccccc1. The summed E-state index contributed by atoms with van der Waals surface area (Å²) in [5, 5.41) is 2.96. The van der Waals surface area contributed by atoms with Crippen molar-refractivity contribution in [3.8, 4) is 11.5 Å². The van der Waals surface area contributed by atoms with Crippen LogP contribution in [0.3, 0.4) is 0 Å². The van der Waals surface area contributed by atoms with Crippen LogP contribution in [0.15, 0.2) is 48.5 Å². The average molecular weight is 657 g/mol. The first-order valence-corrected chi connectivity index (χ1v) is 20.2. The summed E-state index contributed by atoms with van der Waals surface area (Å²) in [5.41, 5.74) is 2.09. The molecular formula is C37H60N2O6Si. The molecule has 1 saturated carbocycles. The molecule has 1 saturated heterocycles. The summed E-state index contributed by atoms with van der Waals surface area (Å²) >= 11 is 0. The highest BCUT2D eigenvalue weighted by atomic mass is 28.4. The Bertz CT molecular complexity index is 1170. The zero-order valence-electron chi connectivity index (χ0n) is 29.7. The van der Waals surface area contributed by atoms with Crippen molar-refractivity contribution in [2.45, 2.75) is 116 Å². The molecule has 2 aliphatic rings. The van der Waals surface area contributed by atoms with Crippen LogP contribution in [-0.2, 0) is 26.9 Å². The molecule has 0 radical (unpaired) electrons. The predicted octanol–water partition coefficient (Wildman–Crippen LogP) is 7.99. The number of nitrogens with zero attached hydrogens (tertiary/aromatic N) is 1. The standard InChI is InChI=1S/C35H54N2O6Si.C2H6/c1-35(2,3)44(5,6)43-29-18-21-37(25-29)30-14-10-11-15-31(30)40-22-19-27-16-17-32(33(24-27)39-4)41-23-20-36-34(38)42-26-28-12-8-7-9-13-28;1-2/h7-9,12-13,16-17,24,29-31H,10-11,14-15,18-23,25-26H2,1-6H3,(H,36,38);1-2H3/t29-,30?,31?;/m1./s1. The fourth-order valence-corrected chi connectivity index (χ4v) is 7.22. The maximum absolute atomic E-state index is 12.0. The third-order valence-electron chi connectivity index (χ3n) is 9.37. The van der Waals surface area contributed by atoms with Gasteiger partial charge in [-0.05, 0) is 67.1 Å². The summed E-state index contributed by atoms with van der Waals surface area (Å²) < 4.78 is 30.1. The van der Waals surface area contributed by atoms with Gasteiger partial charge in [0.25, 0.3) is 0 Å². The van der Waals surface area contributed by atoms with E-state index in [4.69, 9.17) is 23.4 Å². The fourth-order valence-electron chi connectivity index (χ4n) is 5.84. The Hall–Kier alpha value is -2.59. The van der Waals surface area contributed by atoms with Gasteiger partial charge in [0.05, 0.1) is 32.5 Å². The molecule has 2 fully saturated rings. The second kappa shape index (κ2) is 18.7. The molecule has 3 atom stereocenters. The molecule has 1 amide bonds. The number of carbonyl (C=O) groups is 1. The Kier molecular flexibility index (Phi) is 15.4. The Labute approximate surface area is 279 Å². The molecule has 1 aliphatic heterocycles. The smallest absolute Gasteiger partial charge is 0.407 e. The van der Waals surface area contributed by atoms with Gasteiger partial charge in [0.15, 0.2) is 19.8 Å². The predicted molar refractivity (Wildman–Crippen MR) is 188 cm³/mol. The van der Waals surface area contributed by atoms with Crippen molar-refractivity contribution < 1.29 is 28.2 Å². The molecule has 0 bridgehead atoms. The second-order valence-corrected chi connectivity index (χ2v) is 18.4. The number of ether oxygens (including phenoxy) is 4. The van der Waals surface area contributed by atoms with Crippen LogP contribution in [0.2, 0.25) is 18.1 Å². The van der Waals surface area contributed by atoms with E-state index in [-0.39, 0.29) is 17.7 Å². The van der Waals surface area contributed by atoms with Gasteiger partial charge in [-0.1, -0.05) is 83.9 Å². The van der Waals surface area contributed by atoms with Gasteiger partial charge in [-0.15, -0.1) is 0 Å². The highest BCUT2D eigenvalue weighted by molar-refractivity contribution is 6.74. The molecule has 46 heavy (non-hydrogen) atoms. The highest BCUT2D eigenvalue weighted by Gasteiger charge is 2.42. The van der Waals surface area contributed by atoms with Crippen molar-refractivity contribution in [1.82, 2.24) is 10.2 Å². The summed E-state index contributed by atoms with van der Waals surface area (Å²) in [6.45, 7) is 19.4. The number of benzene rings is 2. The molecule has 258 valence electrons. The quantitative estimate of drug-likeness (QED) is 0.163. The van der Waals surface area contributed by atoms with Crippen LogP contribution in [0.1, 0.15) is 77.8 Å². The number of hydrogen-bond donors (Lipinski definition) is 1. The normalized spacial score (nSPS) is 20.4. The van der Waals surface area contributed by atoms with Gasteiger partial charge in [-0.25, -0.2) is 4.79 Å². The number of alkyl carbamates (subject to hydrolysis) is 1. The molecule has 1 aliphatic carbocycles. The number of nitrogens with one attached hydrogen (secondary N) is 1. The first kappa shape index (κ1) is 37.9. The fraction of sp³-hybridized carbons (Fsp3) is 0.649. The molecular weight excluding hydrogens is 597 g/mol. The van der Waals surface area contributed by atoms with Gasteiger partial charge in [-0.3, -0.25) is 4.90 Å². The molecule has 1 heterocycles. The molecule has 2 aromatic rings. The lowest BCUT2D eigenvalue weighted by Crippen LogP contribution is -2.48. The monoisotopic (exact) mass is 656 g/mol. The van der Waals surface area contributed by atoms with E-state index < -0.39 is 14.4 Å². The van der Waals surface area contributed by atoms with Crippen LogP contribution in [0.25, 0.3) is 0 Å². The van der Waals surface area contributed by atoms with Gasteiger partial charge in [0, 0.05) is 19.1 Å². The summed E-state index contributed by atoms with van der Waals surface area (Å²) in [6.07, 6.45) is 6.92. The van der Waals surface area contributed by atoms with Crippen LogP contribution in [0.4, 0.5) is 4.79 Å². The minimum absolute atomic E-state index is 0.235. The highest BCUT2D eigenvalue weighted by Crippen LogP contribution is 2.39. The molecule has 1 N–H and O–H groups in total. The van der Waals surface area contributed by atoms with Crippen LogP contribution in [-0.4, -0.2) is 77.5 Å².